The Kier molecular flexibility index (Phi) is 11.8. The molecule has 0 aliphatic heterocycles. The number of nitrogens with zero attached hydrogens (tertiary/aromatic N) is 1. The van der Waals surface area contributed by atoms with Crippen LogP contribution >= 0.6 is 24.0 Å². The van der Waals surface area contributed by atoms with Crippen molar-refractivity contribution in [1.29, 1.82) is 5.26 Å². The van der Waals surface area contributed by atoms with Gasteiger partial charge >= 0.3 is 0 Å². The number of aliphatic hydroxyl groups is 1. The Morgan fingerprint density at radius 2 is 1.87 bits per heavy atom. The summed E-state index contributed by atoms with van der Waals surface area (Å²) in [6.07, 6.45) is 1.58. The largest absolute Gasteiger partial charge is 0.493 e. The number of methoxy groups -OCH3 is 2. The van der Waals surface area contributed by atoms with Crippen LogP contribution in [0, 0.1) is 11.3 Å². The van der Waals surface area contributed by atoms with Crippen molar-refractivity contribution in [3.05, 3.63) is 58.6 Å². The summed E-state index contributed by atoms with van der Waals surface area (Å²) in [6, 6.07) is 13.1. The Bertz CT molecular complexity index is 913. The molecular formula is C23H28Cl2N2O4. The maximum absolute atomic E-state index is 10.1. The summed E-state index contributed by atoms with van der Waals surface area (Å²) in [6.45, 7) is 3.06. The average molecular weight is 467 g/mol. The second-order valence-corrected chi connectivity index (χ2v) is 7.12. The predicted molar refractivity (Wildman–Crippen MR) is 126 cm³/mol. The molecule has 0 spiro atoms. The molecule has 0 fully saturated rings. The Hall–Kier alpha value is -2.43. The number of ether oxygens (including phenoxy) is 3. The Morgan fingerprint density at radius 3 is 2.52 bits per heavy atom. The molecule has 0 radical (unpaired) electrons. The first-order valence-electron chi connectivity index (χ1n) is 9.57. The van der Waals surface area contributed by atoms with Crippen LogP contribution in [-0.4, -0.2) is 45.1 Å². The van der Waals surface area contributed by atoms with E-state index in [1.807, 2.05) is 37.3 Å². The second-order valence-electron chi connectivity index (χ2n) is 6.71. The highest BCUT2D eigenvalue weighted by Crippen LogP contribution is 2.29. The summed E-state index contributed by atoms with van der Waals surface area (Å²) in [7, 11) is 3.22. The molecule has 2 aromatic carbocycles. The number of aliphatic hydroxyl groups excluding tert-OH is 1. The molecule has 0 bridgehead atoms. The number of rotatable bonds is 11. The molecule has 2 aromatic rings. The monoisotopic (exact) mass is 466 g/mol. The van der Waals surface area contributed by atoms with Gasteiger partial charge in [-0.25, -0.2) is 0 Å². The highest BCUT2D eigenvalue weighted by atomic mass is 35.5. The standard InChI is InChI=1S/C23H27ClN2O4.ClH/c1-16(8-10-25)18-5-7-21(20(24)13-18)30-15-19(27)14-26-11-9-17-4-6-22(28-2)23(12-17)29-3;/h4-8,12-13,19,26-27H,9,11,14-15H2,1-3H3;1H/b16-8-;. The number of benzene rings is 2. The van der Waals surface area contributed by atoms with Crippen molar-refractivity contribution in [2.45, 2.75) is 19.4 Å². The fraction of sp³-hybridized carbons (Fsp3) is 0.348. The first kappa shape index (κ1) is 26.6. The summed E-state index contributed by atoms with van der Waals surface area (Å²) in [4.78, 5) is 0. The van der Waals surface area contributed by atoms with Gasteiger partial charge in [-0.3, -0.25) is 0 Å². The fourth-order valence-electron chi connectivity index (χ4n) is 2.83. The molecule has 0 saturated heterocycles. The zero-order valence-corrected chi connectivity index (χ0v) is 19.4. The van der Waals surface area contributed by atoms with Crippen molar-refractivity contribution < 1.29 is 19.3 Å². The Labute approximate surface area is 194 Å². The van der Waals surface area contributed by atoms with E-state index >= 15 is 0 Å². The van der Waals surface area contributed by atoms with Gasteiger partial charge in [0.15, 0.2) is 11.5 Å². The highest BCUT2D eigenvalue weighted by molar-refractivity contribution is 6.32. The van der Waals surface area contributed by atoms with E-state index in [2.05, 4.69) is 5.32 Å². The minimum Gasteiger partial charge on any atom is -0.493 e. The molecule has 168 valence electrons. The van der Waals surface area contributed by atoms with Crippen LogP contribution in [0.1, 0.15) is 18.1 Å². The van der Waals surface area contributed by atoms with Crippen molar-refractivity contribution in [3.8, 4) is 23.3 Å². The van der Waals surface area contributed by atoms with Gasteiger partial charge in [0.25, 0.3) is 0 Å². The van der Waals surface area contributed by atoms with Gasteiger partial charge in [0.2, 0.25) is 0 Å². The van der Waals surface area contributed by atoms with Gasteiger partial charge in [-0.15, -0.1) is 12.4 Å². The highest BCUT2D eigenvalue weighted by Gasteiger charge is 2.09. The maximum atomic E-state index is 10.1. The third-order valence-electron chi connectivity index (χ3n) is 4.52. The smallest absolute Gasteiger partial charge is 0.160 e. The molecule has 0 heterocycles. The van der Waals surface area contributed by atoms with E-state index in [-0.39, 0.29) is 19.0 Å². The summed E-state index contributed by atoms with van der Waals surface area (Å²) in [5.41, 5.74) is 2.79. The number of nitriles is 1. The molecule has 31 heavy (non-hydrogen) atoms. The van der Waals surface area contributed by atoms with E-state index in [0.717, 1.165) is 23.1 Å². The maximum Gasteiger partial charge on any atom is 0.160 e. The van der Waals surface area contributed by atoms with Crippen LogP contribution in [0.15, 0.2) is 42.5 Å². The van der Waals surface area contributed by atoms with Crippen LogP contribution in [-0.2, 0) is 6.42 Å². The molecule has 8 heteroatoms. The Morgan fingerprint density at radius 1 is 1.16 bits per heavy atom. The van der Waals surface area contributed by atoms with Crippen LogP contribution in [0.2, 0.25) is 5.02 Å². The van der Waals surface area contributed by atoms with E-state index in [4.69, 9.17) is 31.1 Å². The van der Waals surface area contributed by atoms with Crippen LogP contribution in [0.25, 0.3) is 5.57 Å². The van der Waals surface area contributed by atoms with Crippen molar-refractivity contribution in [2.24, 2.45) is 0 Å². The SMILES string of the molecule is COc1ccc(CCNCC(O)COc2ccc(/C(C)=C\C#N)cc2Cl)cc1OC.Cl. The second kappa shape index (κ2) is 13.8. The molecule has 2 rings (SSSR count). The van der Waals surface area contributed by atoms with E-state index in [1.165, 1.54) is 6.08 Å². The lowest BCUT2D eigenvalue weighted by molar-refractivity contribution is 0.107. The van der Waals surface area contributed by atoms with E-state index < -0.39 is 6.10 Å². The number of allylic oxidation sites excluding steroid dienone is 2. The molecular weight excluding hydrogens is 439 g/mol. The lowest BCUT2D eigenvalue weighted by Gasteiger charge is -2.15. The van der Waals surface area contributed by atoms with Crippen LogP contribution in [0.4, 0.5) is 0 Å². The zero-order chi connectivity index (χ0) is 21.9. The summed E-state index contributed by atoms with van der Waals surface area (Å²) in [5, 5.41) is 22.5. The van der Waals surface area contributed by atoms with Gasteiger partial charge in [0.05, 0.1) is 25.3 Å². The van der Waals surface area contributed by atoms with Crippen molar-refractivity contribution in [1.82, 2.24) is 5.32 Å². The van der Waals surface area contributed by atoms with Crippen molar-refractivity contribution in [2.75, 3.05) is 33.9 Å². The lowest BCUT2D eigenvalue weighted by atomic mass is 10.1. The van der Waals surface area contributed by atoms with Crippen LogP contribution < -0.4 is 19.5 Å². The molecule has 0 amide bonds. The van der Waals surface area contributed by atoms with Crippen LogP contribution in [0.5, 0.6) is 17.2 Å². The van der Waals surface area contributed by atoms with E-state index in [9.17, 15) is 5.11 Å². The summed E-state index contributed by atoms with van der Waals surface area (Å²) in [5.74, 6) is 1.89. The number of hydrogen-bond donors (Lipinski definition) is 2. The third-order valence-corrected chi connectivity index (χ3v) is 4.81. The van der Waals surface area contributed by atoms with Gasteiger partial charge in [-0.05, 0) is 60.9 Å². The van der Waals surface area contributed by atoms with E-state index in [1.54, 1.807) is 26.4 Å². The molecule has 0 saturated carbocycles. The Balaban J connectivity index is 0.00000480. The number of hydrogen-bond acceptors (Lipinski definition) is 6. The lowest BCUT2D eigenvalue weighted by Crippen LogP contribution is -2.32. The van der Waals surface area contributed by atoms with Crippen LogP contribution in [0.3, 0.4) is 0 Å². The zero-order valence-electron chi connectivity index (χ0n) is 17.9. The molecule has 0 aliphatic rings. The van der Waals surface area contributed by atoms with Gasteiger partial charge in [0, 0.05) is 12.6 Å². The summed E-state index contributed by atoms with van der Waals surface area (Å²) >= 11 is 6.25. The van der Waals surface area contributed by atoms with Crippen molar-refractivity contribution >= 4 is 29.6 Å². The molecule has 0 aromatic heterocycles. The van der Waals surface area contributed by atoms with Gasteiger partial charge in [0.1, 0.15) is 18.5 Å². The third kappa shape index (κ3) is 8.31. The average Bonchev–Trinajstić information content (AvgIpc) is 2.75. The summed E-state index contributed by atoms with van der Waals surface area (Å²) < 4.78 is 16.2. The quantitative estimate of drug-likeness (QED) is 0.379. The predicted octanol–water partition coefficient (Wildman–Crippen LogP) is 4.28. The molecule has 1 atom stereocenters. The fourth-order valence-corrected chi connectivity index (χ4v) is 3.06. The van der Waals surface area contributed by atoms with Crippen molar-refractivity contribution in [3.63, 3.8) is 0 Å². The molecule has 0 aliphatic carbocycles. The minimum absolute atomic E-state index is 0. The number of nitrogens with one attached hydrogen (secondary N) is 1. The minimum atomic E-state index is -0.675. The molecule has 2 N–H and O–H groups in total. The molecule has 1 unspecified atom stereocenters. The first-order chi connectivity index (χ1) is 14.5. The van der Waals surface area contributed by atoms with Gasteiger partial charge in [-0.2, -0.15) is 5.26 Å². The topological polar surface area (TPSA) is 83.7 Å². The van der Waals surface area contributed by atoms with Gasteiger partial charge < -0.3 is 24.6 Å². The number of halogens is 2. The van der Waals surface area contributed by atoms with E-state index in [0.29, 0.717) is 35.4 Å². The normalized spacial score (nSPS) is 11.8. The first-order valence-corrected chi connectivity index (χ1v) is 9.95. The molecule has 6 nitrogen and oxygen atoms in total. The van der Waals surface area contributed by atoms with Gasteiger partial charge in [-0.1, -0.05) is 23.7 Å².